The molecule has 4 N–H and O–H groups in total. The average molecular weight is 296 g/mol. The summed E-state index contributed by atoms with van der Waals surface area (Å²) in [4.78, 5) is 18.1. The Bertz CT molecular complexity index is 443. The van der Waals surface area contributed by atoms with Crippen LogP contribution in [0.25, 0.3) is 0 Å². The third kappa shape index (κ3) is 4.48. The fourth-order valence-electron chi connectivity index (χ4n) is 2.45. The van der Waals surface area contributed by atoms with Crippen LogP contribution in [0, 0.1) is 0 Å². The van der Waals surface area contributed by atoms with E-state index in [4.69, 9.17) is 12.2 Å². The molecule has 1 saturated carbocycles. The molecule has 0 saturated heterocycles. The zero-order chi connectivity index (χ0) is 14.4. The van der Waals surface area contributed by atoms with Gasteiger partial charge < -0.3 is 20.7 Å². The van der Waals surface area contributed by atoms with Crippen molar-refractivity contribution in [3.63, 3.8) is 0 Å². The van der Waals surface area contributed by atoms with E-state index in [0.717, 1.165) is 18.5 Å². The number of aromatic amines is 1. The first-order valence-corrected chi connectivity index (χ1v) is 7.33. The second-order valence-corrected chi connectivity index (χ2v) is 5.53. The average Bonchev–Trinajstić information content (AvgIpc) is 2.92. The Balaban J connectivity index is 1.83. The van der Waals surface area contributed by atoms with E-state index in [2.05, 4.69) is 20.6 Å². The van der Waals surface area contributed by atoms with Gasteiger partial charge in [0.1, 0.15) is 6.04 Å². The van der Waals surface area contributed by atoms with Gasteiger partial charge in [-0.2, -0.15) is 0 Å². The van der Waals surface area contributed by atoms with Gasteiger partial charge in [0, 0.05) is 24.4 Å². The Hall–Kier alpha value is -1.63. The van der Waals surface area contributed by atoms with Crippen molar-refractivity contribution in [2.75, 3.05) is 0 Å². The minimum absolute atomic E-state index is 0.321. The number of nitrogens with one attached hydrogen (secondary N) is 3. The van der Waals surface area contributed by atoms with Gasteiger partial charge in [0.2, 0.25) is 0 Å². The molecule has 0 aliphatic heterocycles. The van der Waals surface area contributed by atoms with Crippen LogP contribution in [0.1, 0.15) is 37.8 Å². The fraction of sp³-hybridized carbons (Fsp3) is 0.615. The van der Waals surface area contributed by atoms with Gasteiger partial charge in [-0.15, -0.1) is 0 Å². The molecule has 1 aliphatic rings. The summed E-state index contributed by atoms with van der Waals surface area (Å²) in [5, 5.41) is 15.8. The van der Waals surface area contributed by atoms with E-state index in [1.165, 1.54) is 25.6 Å². The molecule has 1 heterocycles. The Morgan fingerprint density at radius 3 is 2.85 bits per heavy atom. The van der Waals surface area contributed by atoms with Crippen LogP contribution in [0.3, 0.4) is 0 Å². The molecule has 1 unspecified atom stereocenters. The first kappa shape index (κ1) is 14.8. The van der Waals surface area contributed by atoms with Gasteiger partial charge in [-0.25, -0.2) is 9.78 Å². The summed E-state index contributed by atoms with van der Waals surface area (Å²) in [6.07, 6.45) is 9.35. The van der Waals surface area contributed by atoms with E-state index in [1.807, 2.05) is 0 Å². The number of hydrogen-bond donors (Lipinski definition) is 4. The van der Waals surface area contributed by atoms with Crippen LogP contribution in [0.2, 0.25) is 0 Å². The van der Waals surface area contributed by atoms with Crippen LogP contribution in [0.15, 0.2) is 12.5 Å². The predicted molar refractivity (Wildman–Crippen MR) is 79.5 cm³/mol. The summed E-state index contributed by atoms with van der Waals surface area (Å²) in [5.74, 6) is -0.924. The summed E-state index contributed by atoms with van der Waals surface area (Å²) in [5.41, 5.74) is 0.769. The molecule has 1 aromatic rings. The molecule has 1 atom stereocenters. The highest BCUT2D eigenvalue weighted by Crippen LogP contribution is 2.17. The van der Waals surface area contributed by atoms with Crippen molar-refractivity contribution >= 4 is 23.3 Å². The zero-order valence-electron chi connectivity index (χ0n) is 11.3. The summed E-state index contributed by atoms with van der Waals surface area (Å²) in [6.45, 7) is 0. The van der Waals surface area contributed by atoms with Crippen molar-refractivity contribution in [2.45, 2.75) is 50.6 Å². The van der Waals surface area contributed by atoms with Crippen molar-refractivity contribution in [3.05, 3.63) is 18.2 Å². The molecule has 2 rings (SSSR count). The maximum atomic E-state index is 11.3. The largest absolute Gasteiger partial charge is 0.480 e. The van der Waals surface area contributed by atoms with E-state index < -0.39 is 12.0 Å². The van der Waals surface area contributed by atoms with E-state index in [1.54, 1.807) is 6.20 Å². The van der Waals surface area contributed by atoms with E-state index in [0.29, 0.717) is 17.6 Å². The van der Waals surface area contributed by atoms with Gasteiger partial charge in [0.15, 0.2) is 5.11 Å². The molecule has 6 nitrogen and oxygen atoms in total. The molecule has 1 aromatic heterocycles. The van der Waals surface area contributed by atoms with Crippen LogP contribution in [0.5, 0.6) is 0 Å². The SMILES string of the molecule is O=C(O)C(Cc1cnc[nH]1)NC(=S)NC1CCCCC1. The van der Waals surface area contributed by atoms with Crippen LogP contribution in [-0.4, -0.2) is 38.2 Å². The lowest BCUT2D eigenvalue weighted by atomic mass is 9.96. The van der Waals surface area contributed by atoms with E-state index in [-0.39, 0.29) is 0 Å². The normalized spacial score (nSPS) is 17.4. The lowest BCUT2D eigenvalue weighted by Gasteiger charge is -2.25. The summed E-state index contributed by atoms with van der Waals surface area (Å²) in [7, 11) is 0. The highest BCUT2D eigenvalue weighted by Gasteiger charge is 2.21. The highest BCUT2D eigenvalue weighted by molar-refractivity contribution is 7.80. The topological polar surface area (TPSA) is 90.0 Å². The lowest BCUT2D eigenvalue weighted by molar-refractivity contribution is -0.139. The van der Waals surface area contributed by atoms with Gasteiger partial charge in [0.25, 0.3) is 0 Å². The van der Waals surface area contributed by atoms with E-state index >= 15 is 0 Å². The van der Waals surface area contributed by atoms with Crippen LogP contribution in [0.4, 0.5) is 0 Å². The molecule has 0 radical (unpaired) electrons. The Morgan fingerprint density at radius 1 is 1.50 bits per heavy atom. The summed E-state index contributed by atoms with van der Waals surface area (Å²) in [6, 6.07) is -0.385. The maximum Gasteiger partial charge on any atom is 0.326 e. The van der Waals surface area contributed by atoms with Crippen molar-refractivity contribution in [3.8, 4) is 0 Å². The van der Waals surface area contributed by atoms with Crippen molar-refractivity contribution in [1.29, 1.82) is 0 Å². The first-order chi connectivity index (χ1) is 9.65. The monoisotopic (exact) mass is 296 g/mol. The van der Waals surface area contributed by atoms with E-state index in [9.17, 15) is 9.90 Å². The van der Waals surface area contributed by atoms with Crippen LogP contribution in [-0.2, 0) is 11.2 Å². The van der Waals surface area contributed by atoms with Gasteiger partial charge >= 0.3 is 5.97 Å². The Labute approximate surface area is 123 Å². The maximum absolute atomic E-state index is 11.3. The molecule has 1 fully saturated rings. The molecule has 0 bridgehead atoms. The summed E-state index contributed by atoms with van der Waals surface area (Å²) >= 11 is 5.21. The number of thiocarbonyl (C=S) groups is 1. The highest BCUT2D eigenvalue weighted by atomic mass is 32.1. The molecular weight excluding hydrogens is 276 g/mol. The number of aliphatic carboxylic acids is 1. The second-order valence-electron chi connectivity index (χ2n) is 5.12. The number of carbonyl (C=O) groups is 1. The number of carboxylic acid groups (broad SMARTS) is 1. The fourth-order valence-corrected chi connectivity index (χ4v) is 2.76. The molecule has 7 heteroatoms. The number of hydrogen-bond acceptors (Lipinski definition) is 3. The number of carboxylic acids is 1. The molecule has 110 valence electrons. The van der Waals surface area contributed by atoms with Crippen LogP contribution >= 0.6 is 12.2 Å². The van der Waals surface area contributed by atoms with Crippen molar-refractivity contribution in [1.82, 2.24) is 20.6 Å². The molecule has 20 heavy (non-hydrogen) atoms. The molecular formula is C13H20N4O2S. The van der Waals surface area contributed by atoms with Crippen molar-refractivity contribution in [2.24, 2.45) is 0 Å². The quantitative estimate of drug-likeness (QED) is 0.611. The second kappa shape index (κ2) is 7.23. The van der Waals surface area contributed by atoms with Gasteiger partial charge in [0.05, 0.1) is 6.33 Å². The molecule has 0 amide bonds. The predicted octanol–water partition coefficient (Wildman–Crippen LogP) is 1.20. The Kier molecular flexibility index (Phi) is 5.34. The smallest absolute Gasteiger partial charge is 0.326 e. The number of aromatic nitrogens is 2. The standard InChI is InChI=1S/C13H20N4O2S/c18-12(19)11(6-10-7-14-8-15-10)17-13(20)16-9-4-2-1-3-5-9/h7-9,11H,1-6H2,(H,14,15)(H,18,19)(H2,16,17,20). The van der Waals surface area contributed by atoms with Crippen LogP contribution < -0.4 is 10.6 Å². The molecule has 0 aromatic carbocycles. The number of nitrogens with zero attached hydrogens (tertiary/aromatic N) is 1. The lowest BCUT2D eigenvalue weighted by Crippen LogP contribution is -2.50. The number of imidazole rings is 1. The third-order valence-corrected chi connectivity index (χ3v) is 3.76. The minimum atomic E-state index is -0.924. The molecule has 1 aliphatic carbocycles. The van der Waals surface area contributed by atoms with Gasteiger partial charge in [-0.1, -0.05) is 19.3 Å². The number of rotatable bonds is 5. The number of H-pyrrole nitrogens is 1. The third-order valence-electron chi connectivity index (χ3n) is 3.52. The Morgan fingerprint density at radius 2 is 2.25 bits per heavy atom. The van der Waals surface area contributed by atoms with Gasteiger partial charge in [-0.05, 0) is 25.1 Å². The van der Waals surface area contributed by atoms with Gasteiger partial charge in [-0.3, -0.25) is 0 Å². The first-order valence-electron chi connectivity index (χ1n) is 6.92. The summed E-state index contributed by atoms with van der Waals surface area (Å²) < 4.78 is 0. The molecule has 0 spiro atoms. The zero-order valence-corrected chi connectivity index (χ0v) is 12.1. The minimum Gasteiger partial charge on any atom is -0.480 e. The van der Waals surface area contributed by atoms with Crippen molar-refractivity contribution < 1.29 is 9.90 Å².